The highest BCUT2D eigenvalue weighted by molar-refractivity contribution is 6.06. The predicted octanol–water partition coefficient (Wildman–Crippen LogP) is 1.55. The summed E-state index contributed by atoms with van der Waals surface area (Å²) in [4.78, 5) is 36.7. The van der Waals surface area contributed by atoms with Gasteiger partial charge in [0.2, 0.25) is 0 Å². The molecule has 0 aromatic carbocycles. The van der Waals surface area contributed by atoms with Gasteiger partial charge < -0.3 is 15.0 Å². The first-order chi connectivity index (χ1) is 14.7. The van der Waals surface area contributed by atoms with Crippen LogP contribution in [0.4, 0.5) is 0 Å². The number of amides is 1. The van der Waals surface area contributed by atoms with Crippen LogP contribution >= 0.6 is 0 Å². The van der Waals surface area contributed by atoms with E-state index >= 15 is 0 Å². The molecular formula is C21H18N6O3. The van der Waals surface area contributed by atoms with Gasteiger partial charge in [0, 0.05) is 41.8 Å². The van der Waals surface area contributed by atoms with E-state index in [4.69, 9.17) is 4.74 Å². The molecule has 0 bridgehead atoms. The quantitative estimate of drug-likeness (QED) is 0.535. The van der Waals surface area contributed by atoms with E-state index in [0.29, 0.717) is 23.5 Å². The molecule has 9 heteroatoms. The maximum Gasteiger partial charge on any atom is 0.267 e. The Bertz CT molecular complexity index is 1270. The summed E-state index contributed by atoms with van der Waals surface area (Å²) < 4.78 is 6.97. The van der Waals surface area contributed by atoms with Crippen molar-refractivity contribution in [3.63, 3.8) is 0 Å². The Labute approximate surface area is 170 Å². The van der Waals surface area contributed by atoms with Crippen molar-refractivity contribution < 1.29 is 9.53 Å². The van der Waals surface area contributed by atoms with E-state index in [1.807, 2.05) is 18.2 Å². The number of aromatic nitrogens is 5. The van der Waals surface area contributed by atoms with Crippen LogP contribution in [0.1, 0.15) is 16.4 Å². The molecule has 1 amide bonds. The van der Waals surface area contributed by atoms with Crippen molar-refractivity contribution in [3.05, 3.63) is 77.1 Å². The minimum absolute atomic E-state index is 0.256. The number of carbonyl (C=O) groups excluding carboxylic acids is 1. The second-order valence-electron chi connectivity index (χ2n) is 7.03. The second kappa shape index (κ2) is 7.53. The van der Waals surface area contributed by atoms with E-state index < -0.39 is 12.1 Å². The monoisotopic (exact) mass is 402 g/mol. The van der Waals surface area contributed by atoms with Crippen LogP contribution in [-0.4, -0.2) is 49.9 Å². The predicted molar refractivity (Wildman–Crippen MR) is 109 cm³/mol. The van der Waals surface area contributed by atoms with Crippen molar-refractivity contribution in [2.75, 3.05) is 13.2 Å². The zero-order chi connectivity index (χ0) is 20.5. The normalized spacial score (nSPS) is 18.5. The molecule has 0 radical (unpaired) electrons. The van der Waals surface area contributed by atoms with Crippen molar-refractivity contribution in [3.8, 4) is 11.3 Å². The minimum atomic E-state index is -0.415. The van der Waals surface area contributed by atoms with Gasteiger partial charge in [0.1, 0.15) is 11.7 Å². The molecule has 1 fully saturated rings. The van der Waals surface area contributed by atoms with Gasteiger partial charge in [-0.15, -0.1) is 0 Å². The number of ether oxygens (including phenoxy) is 1. The van der Waals surface area contributed by atoms with Crippen LogP contribution < -0.4 is 10.9 Å². The topological polar surface area (TPSA) is 115 Å². The number of aromatic amines is 1. The highest BCUT2D eigenvalue weighted by Gasteiger charge is 2.33. The first-order valence-corrected chi connectivity index (χ1v) is 9.52. The maximum absolute atomic E-state index is 12.9. The Balaban J connectivity index is 1.43. The smallest absolute Gasteiger partial charge is 0.267 e. The first kappa shape index (κ1) is 18.2. The van der Waals surface area contributed by atoms with Crippen LogP contribution in [0, 0.1) is 0 Å². The molecule has 0 aliphatic carbocycles. The summed E-state index contributed by atoms with van der Waals surface area (Å²) in [5.74, 6) is -0.258. The molecule has 4 aromatic rings. The Kier molecular flexibility index (Phi) is 4.56. The molecule has 9 nitrogen and oxygen atoms in total. The lowest BCUT2D eigenvalue weighted by molar-refractivity contribution is 0.0926. The Morgan fingerprint density at radius 3 is 2.93 bits per heavy atom. The number of fused-ring (bicyclic) bond motifs is 1. The van der Waals surface area contributed by atoms with Crippen molar-refractivity contribution >= 4 is 16.9 Å². The second-order valence-corrected chi connectivity index (χ2v) is 7.03. The lowest BCUT2D eigenvalue weighted by Gasteiger charge is -2.20. The molecule has 5 heterocycles. The summed E-state index contributed by atoms with van der Waals surface area (Å²) in [6, 6.07) is 9.62. The number of hydrogen-bond acceptors (Lipinski definition) is 6. The lowest BCUT2D eigenvalue weighted by Crippen LogP contribution is -2.44. The van der Waals surface area contributed by atoms with Crippen LogP contribution in [0.2, 0.25) is 0 Å². The summed E-state index contributed by atoms with van der Waals surface area (Å²) >= 11 is 0. The summed E-state index contributed by atoms with van der Waals surface area (Å²) in [5, 5.41) is 8.23. The molecule has 1 aliphatic rings. The van der Waals surface area contributed by atoms with E-state index in [0.717, 1.165) is 10.9 Å². The molecule has 5 rings (SSSR count). The number of nitrogens with one attached hydrogen (secondary N) is 2. The number of carbonyl (C=O) groups is 1. The molecule has 0 spiro atoms. The maximum atomic E-state index is 12.9. The van der Waals surface area contributed by atoms with Gasteiger partial charge in [-0.05, 0) is 30.3 Å². The number of H-pyrrole nitrogens is 1. The Morgan fingerprint density at radius 1 is 1.17 bits per heavy atom. The van der Waals surface area contributed by atoms with E-state index in [9.17, 15) is 9.59 Å². The van der Waals surface area contributed by atoms with Crippen molar-refractivity contribution in [1.82, 2.24) is 30.0 Å². The summed E-state index contributed by atoms with van der Waals surface area (Å²) in [7, 11) is 0. The highest BCUT2D eigenvalue weighted by Crippen LogP contribution is 2.21. The van der Waals surface area contributed by atoms with Gasteiger partial charge in [0.25, 0.3) is 11.5 Å². The molecular weight excluding hydrogens is 384 g/mol. The average Bonchev–Trinajstić information content (AvgIpc) is 3.42. The largest absolute Gasteiger partial charge is 0.377 e. The fourth-order valence-corrected chi connectivity index (χ4v) is 3.64. The third-order valence-corrected chi connectivity index (χ3v) is 5.16. The van der Waals surface area contributed by atoms with Gasteiger partial charge in [-0.3, -0.25) is 14.6 Å². The van der Waals surface area contributed by atoms with E-state index in [-0.39, 0.29) is 18.1 Å². The van der Waals surface area contributed by atoms with Crippen LogP contribution in [0.5, 0.6) is 0 Å². The van der Waals surface area contributed by atoms with E-state index in [1.165, 1.54) is 10.7 Å². The molecule has 1 aliphatic heterocycles. The van der Waals surface area contributed by atoms with E-state index in [2.05, 4.69) is 25.4 Å². The van der Waals surface area contributed by atoms with Gasteiger partial charge in [-0.1, -0.05) is 0 Å². The van der Waals surface area contributed by atoms with Crippen LogP contribution in [-0.2, 0) is 4.74 Å². The van der Waals surface area contributed by atoms with Crippen LogP contribution in [0.25, 0.3) is 22.3 Å². The number of nitrogens with zero attached hydrogens (tertiary/aromatic N) is 4. The summed E-state index contributed by atoms with van der Waals surface area (Å²) in [5.41, 5.74) is 2.31. The minimum Gasteiger partial charge on any atom is -0.377 e. The average molecular weight is 402 g/mol. The van der Waals surface area contributed by atoms with E-state index in [1.54, 1.807) is 36.9 Å². The fraction of sp³-hybridized carbons (Fsp3) is 0.190. The highest BCUT2D eigenvalue weighted by atomic mass is 16.5. The zero-order valence-corrected chi connectivity index (χ0v) is 15.9. The fourth-order valence-electron chi connectivity index (χ4n) is 3.64. The number of rotatable bonds is 4. The number of hydrogen-bond donors (Lipinski definition) is 2. The molecule has 150 valence electrons. The number of pyridine rings is 2. The Hall–Kier alpha value is -3.85. The van der Waals surface area contributed by atoms with Crippen LogP contribution in [0.15, 0.2) is 66.0 Å². The van der Waals surface area contributed by atoms with Gasteiger partial charge in [0.15, 0.2) is 0 Å². The molecule has 4 aromatic heterocycles. The third kappa shape index (κ3) is 3.25. The van der Waals surface area contributed by atoms with Crippen molar-refractivity contribution in [2.24, 2.45) is 0 Å². The van der Waals surface area contributed by atoms with Crippen LogP contribution in [0.3, 0.4) is 0 Å². The molecule has 30 heavy (non-hydrogen) atoms. The standard InChI is InChI=1S/C21H18N6O3/c28-19-6-5-16(13-3-1-7-22-9-13)26-27(19)18-12-30-11-17(18)25-21(29)15-10-24-20-14(15)4-2-8-23-20/h1-10,17-18H,11-12H2,(H,23,24)(H,25,29). The van der Waals surface area contributed by atoms with Gasteiger partial charge in [0.05, 0.1) is 30.5 Å². The Morgan fingerprint density at radius 2 is 2.07 bits per heavy atom. The molecule has 2 unspecified atom stereocenters. The summed E-state index contributed by atoms with van der Waals surface area (Å²) in [6.45, 7) is 0.575. The molecule has 2 atom stereocenters. The van der Waals surface area contributed by atoms with Crippen molar-refractivity contribution in [1.29, 1.82) is 0 Å². The van der Waals surface area contributed by atoms with Gasteiger partial charge in [-0.25, -0.2) is 9.67 Å². The molecule has 0 saturated carbocycles. The third-order valence-electron chi connectivity index (χ3n) is 5.16. The lowest BCUT2D eigenvalue weighted by atomic mass is 10.1. The molecule has 2 N–H and O–H groups in total. The van der Waals surface area contributed by atoms with Crippen molar-refractivity contribution in [2.45, 2.75) is 12.1 Å². The van der Waals surface area contributed by atoms with Gasteiger partial charge >= 0.3 is 0 Å². The molecule has 1 saturated heterocycles. The first-order valence-electron chi connectivity index (χ1n) is 9.52. The zero-order valence-electron chi connectivity index (χ0n) is 15.9. The summed E-state index contributed by atoms with van der Waals surface area (Å²) in [6.07, 6.45) is 6.66. The van der Waals surface area contributed by atoms with Gasteiger partial charge in [-0.2, -0.15) is 5.10 Å². The SMILES string of the molecule is O=C(NC1COCC1n1nc(-c2cccnc2)ccc1=O)c1c[nH]c2ncccc12.